The van der Waals surface area contributed by atoms with E-state index < -0.39 is 0 Å². The number of nitrogens with zero attached hydrogens (tertiary/aromatic N) is 2. The first-order valence-corrected chi connectivity index (χ1v) is 8.49. The molecule has 3 aromatic rings. The normalized spacial score (nSPS) is 10.7. The lowest BCUT2D eigenvalue weighted by molar-refractivity contribution is 0.414. The van der Waals surface area contributed by atoms with E-state index in [4.69, 9.17) is 15.2 Å². The van der Waals surface area contributed by atoms with Crippen LogP contribution in [-0.2, 0) is 6.54 Å². The van der Waals surface area contributed by atoms with Crippen LogP contribution in [0.5, 0.6) is 11.5 Å². The van der Waals surface area contributed by atoms with Crippen LogP contribution in [0.4, 0.5) is 11.6 Å². The van der Waals surface area contributed by atoms with E-state index in [9.17, 15) is 0 Å². The largest absolute Gasteiger partial charge is 0.497 e. The van der Waals surface area contributed by atoms with Gasteiger partial charge >= 0.3 is 0 Å². The molecule has 0 aliphatic rings. The Morgan fingerprint density at radius 1 is 0.889 bits per heavy atom. The van der Waals surface area contributed by atoms with Crippen LogP contribution < -0.4 is 20.5 Å². The van der Waals surface area contributed by atoms with Crippen molar-refractivity contribution in [3.63, 3.8) is 0 Å². The molecule has 1 aromatic heterocycles. The number of rotatable bonds is 7. The number of anilines is 2. The summed E-state index contributed by atoms with van der Waals surface area (Å²) in [5.41, 5.74) is 8.95. The number of nitrogen functional groups attached to an aromatic ring is 1. The summed E-state index contributed by atoms with van der Waals surface area (Å²) >= 11 is 0. The molecule has 138 valence electrons. The summed E-state index contributed by atoms with van der Waals surface area (Å²) in [7, 11) is 3.30. The Balaban J connectivity index is 1.75. The lowest BCUT2D eigenvalue weighted by Gasteiger charge is -2.10. The summed E-state index contributed by atoms with van der Waals surface area (Å²) in [6.45, 7) is 0.615. The highest BCUT2D eigenvalue weighted by molar-refractivity contribution is 5.80. The molecular weight excluding hydrogens is 340 g/mol. The predicted molar refractivity (Wildman–Crippen MR) is 109 cm³/mol. The monoisotopic (exact) mass is 362 g/mol. The molecule has 2 aromatic carbocycles. The van der Waals surface area contributed by atoms with Crippen LogP contribution in [0.1, 0.15) is 16.7 Å². The van der Waals surface area contributed by atoms with E-state index in [2.05, 4.69) is 15.3 Å². The van der Waals surface area contributed by atoms with Gasteiger partial charge in [0.25, 0.3) is 0 Å². The minimum absolute atomic E-state index is 0.423. The van der Waals surface area contributed by atoms with Gasteiger partial charge in [0.15, 0.2) is 0 Å². The number of methoxy groups -OCH3 is 2. The summed E-state index contributed by atoms with van der Waals surface area (Å²) in [5.74, 6) is 2.75. The van der Waals surface area contributed by atoms with Gasteiger partial charge in [0, 0.05) is 6.54 Å². The van der Waals surface area contributed by atoms with Crippen LogP contribution in [0.2, 0.25) is 0 Å². The minimum Gasteiger partial charge on any atom is -0.497 e. The second kappa shape index (κ2) is 8.71. The number of nitrogens with one attached hydrogen (secondary N) is 1. The molecule has 6 nitrogen and oxygen atoms in total. The number of ether oxygens (including phenoxy) is 2. The lowest BCUT2D eigenvalue weighted by Crippen LogP contribution is -2.06. The third-order valence-corrected chi connectivity index (χ3v) is 4.09. The van der Waals surface area contributed by atoms with E-state index in [-0.39, 0.29) is 0 Å². The summed E-state index contributed by atoms with van der Waals surface area (Å²) < 4.78 is 10.4. The van der Waals surface area contributed by atoms with Crippen molar-refractivity contribution in [3.8, 4) is 11.5 Å². The van der Waals surface area contributed by atoms with Crippen LogP contribution in [0.25, 0.3) is 12.2 Å². The SMILES string of the molecule is COc1ccc(/C=C/c2c(N)ncnc2NCc2ccc(OC)cc2)cc1. The van der Waals surface area contributed by atoms with Crippen LogP contribution in [-0.4, -0.2) is 24.2 Å². The van der Waals surface area contributed by atoms with Gasteiger partial charge in [0.05, 0.1) is 19.8 Å². The molecule has 1 heterocycles. The van der Waals surface area contributed by atoms with Crippen molar-refractivity contribution < 1.29 is 9.47 Å². The Labute approximate surface area is 158 Å². The van der Waals surface area contributed by atoms with Crippen molar-refractivity contribution in [2.75, 3.05) is 25.3 Å². The Hall–Kier alpha value is -3.54. The van der Waals surface area contributed by atoms with Gasteiger partial charge in [-0.3, -0.25) is 0 Å². The van der Waals surface area contributed by atoms with Crippen molar-refractivity contribution in [1.29, 1.82) is 0 Å². The molecule has 0 atom stereocenters. The van der Waals surface area contributed by atoms with Gasteiger partial charge in [0.1, 0.15) is 29.5 Å². The van der Waals surface area contributed by atoms with Gasteiger partial charge < -0.3 is 20.5 Å². The average molecular weight is 362 g/mol. The molecule has 0 saturated carbocycles. The highest BCUT2D eigenvalue weighted by Crippen LogP contribution is 2.22. The zero-order valence-electron chi connectivity index (χ0n) is 15.3. The predicted octanol–water partition coefficient (Wildman–Crippen LogP) is 3.86. The molecular formula is C21H22N4O2. The van der Waals surface area contributed by atoms with E-state index in [0.717, 1.165) is 28.2 Å². The van der Waals surface area contributed by atoms with Gasteiger partial charge in [-0.05, 0) is 41.5 Å². The number of benzene rings is 2. The van der Waals surface area contributed by atoms with Crippen molar-refractivity contribution >= 4 is 23.8 Å². The topological polar surface area (TPSA) is 82.3 Å². The Morgan fingerprint density at radius 3 is 2.15 bits per heavy atom. The van der Waals surface area contributed by atoms with Crippen molar-refractivity contribution in [3.05, 3.63) is 71.5 Å². The number of hydrogen-bond donors (Lipinski definition) is 2. The summed E-state index contributed by atoms with van der Waals surface area (Å²) in [4.78, 5) is 8.43. The zero-order valence-corrected chi connectivity index (χ0v) is 15.3. The molecule has 0 spiro atoms. The number of nitrogens with two attached hydrogens (primary N) is 1. The molecule has 0 bridgehead atoms. The molecule has 3 N–H and O–H groups in total. The molecule has 27 heavy (non-hydrogen) atoms. The maximum atomic E-state index is 6.06. The van der Waals surface area contributed by atoms with Crippen LogP contribution in [0.15, 0.2) is 54.9 Å². The molecule has 0 unspecified atom stereocenters. The summed E-state index contributed by atoms with van der Waals surface area (Å²) in [6, 6.07) is 15.6. The van der Waals surface area contributed by atoms with E-state index in [1.807, 2.05) is 60.7 Å². The Morgan fingerprint density at radius 2 is 1.52 bits per heavy atom. The molecule has 0 fully saturated rings. The standard InChI is InChI=1S/C21H22N4O2/c1-26-17-8-3-15(4-9-17)7-12-19-20(22)24-14-25-21(19)23-13-16-5-10-18(27-2)11-6-16/h3-12,14H,13H2,1-2H3,(H3,22,23,24,25)/b12-7+. The third kappa shape index (κ3) is 4.76. The van der Waals surface area contributed by atoms with E-state index in [1.54, 1.807) is 14.2 Å². The third-order valence-electron chi connectivity index (χ3n) is 4.09. The van der Waals surface area contributed by atoms with Crippen molar-refractivity contribution in [1.82, 2.24) is 9.97 Å². The highest BCUT2D eigenvalue weighted by atomic mass is 16.5. The average Bonchev–Trinajstić information content (AvgIpc) is 2.72. The van der Waals surface area contributed by atoms with E-state index >= 15 is 0 Å². The summed E-state index contributed by atoms with van der Waals surface area (Å²) in [5, 5.41) is 3.32. The van der Waals surface area contributed by atoms with Crippen LogP contribution >= 0.6 is 0 Å². The van der Waals surface area contributed by atoms with Gasteiger partial charge in [-0.2, -0.15) is 0 Å². The van der Waals surface area contributed by atoms with Gasteiger partial charge in [-0.15, -0.1) is 0 Å². The highest BCUT2D eigenvalue weighted by Gasteiger charge is 2.06. The Bertz CT molecular complexity index is 906. The fourth-order valence-corrected chi connectivity index (χ4v) is 2.54. The number of aromatic nitrogens is 2. The molecule has 6 heteroatoms. The maximum Gasteiger partial charge on any atom is 0.139 e. The molecule has 0 amide bonds. The minimum atomic E-state index is 0.423. The fraction of sp³-hybridized carbons (Fsp3) is 0.143. The second-order valence-corrected chi connectivity index (χ2v) is 5.83. The van der Waals surface area contributed by atoms with Gasteiger partial charge in [0.2, 0.25) is 0 Å². The summed E-state index contributed by atoms with van der Waals surface area (Å²) in [6.07, 6.45) is 5.33. The maximum absolute atomic E-state index is 6.06. The molecule has 0 aliphatic heterocycles. The first-order valence-electron chi connectivity index (χ1n) is 8.49. The van der Waals surface area contributed by atoms with Crippen molar-refractivity contribution in [2.24, 2.45) is 0 Å². The molecule has 0 aliphatic carbocycles. The second-order valence-electron chi connectivity index (χ2n) is 5.83. The fourth-order valence-electron chi connectivity index (χ4n) is 2.54. The Kier molecular flexibility index (Phi) is 5.89. The molecule has 0 saturated heterocycles. The van der Waals surface area contributed by atoms with Gasteiger partial charge in [-0.25, -0.2) is 9.97 Å². The first-order chi connectivity index (χ1) is 13.2. The lowest BCUT2D eigenvalue weighted by atomic mass is 10.1. The molecule has 0 radical (unpaired) electrons. The zero-order chi connectivity index (χ0) is 19.1. The van der Waals surface area contributed by atoms with Crippen molar-refractivity contribution in [2.45, 2.75) is 6.54 Å². The quantitative estimate of drug-likeness (QED) is 0.664. The van der Waals surface area contributed by atoms with Gasteiger partial charge in [-0.1, -0.05) is 30.3 Å². The number of hydrogen-bond acceptors (Lipinski definition) is 6. The smallest absolute Gasteiger partial charge is 0.139 e. The van der Waals surface area contributed by atoms with Crippen LogP contribution in [0.3, 0.4) is 0 Å². The van der Waals surface area contributed by atoms with E-state index in [1.165, 1.54) is 6.33 Å². The first kappa shape index (κ1) is 18.3. The van der Waals surface area contributed by atoms with E-state index in [0.29, 0.717) is 18.2 Å². The molecule has 3 rings (SSSR count). The van der Waals surface area contributed by atoms with Crippen LogP contribution in [0, 0.1) is 0 Å².